The van der Waals surface area contributed by atoms with Gasteiger partial charge in [-0.05, 0) is 19.9 Å². The summed E-state index contributed by atoms with van der Waals surface area (Å²) < 4.78 is 21.5. The fraction of sp³-hybridized carbons (Fsp3) is 1.00. The minimum Gasteiger partial charge on any atom is -0.394 e. The molecule has 0 aromatic heterocycles. The van der Waals surface area contributed by atoms with E-state index in [1.165, 1.54) is 6.92 Å². The van der Waals surface area contributed by atoms with E-state index >= 15 is 0 Å². The van der Waals surface area contributed by atoms with Crippen LogP contribution in [0.25, 0.3) is 0 Å². The first-order valence-corrected chi connectivity index (χ1v) is 8.61. The number of rotatable bonds is 8. The van der Waals surface area contributed by atoms with Gasteiger partial charge in [0.05, 0.1) is 19.3 Å². The van der Waals surface area contributed by atoms with E-state index in [-0.39, 0.29) is 6.61 Å². The SMILES string of the molecule is CC(O)[C@H]1O[C@@H](O[C@@H]2[C@H](O)[C@H](OCCCN)O[C@H](CO)[C@H]2O)[C@@H](O)[C@@H]1O. The molecule has 0 bridgehead atoms. The van der Waals surface area contributed by atoms with Gasteiger partial charge in [-0.25, -0.2) is 0 Å². The second-order valence-electron chi connectivity index (χ2n) is 6.51. The van der Waals surface area contributed by atoms with Gasteiger partial charge in [-0.15, -0.1) is 0 Å². The number of nitrogens with two attached hydrogens (primary N) is 1. The molecule has 26 heavy (non-hydrogen) atoms. The Balaban J connectivity index is 2.07. The molecule has 2 saturated heterocycles. The molecule has 2 rings (SSSR count). The Morgan fingerprint density at radius 1 is 1.00 bits per heavy atom. The molecule has 0 radical (unpaired) electrons. The van der Waals surface area contributed by atoms with Crippen LogP contribution in [-0.4, -0.2) is 112 Å². The zero-order valence-electron chi connectivity index (χ0n) is 14.5. The van der Waals surface area contributed by atoms with Crippen LogP contribution in [0, 0.1) is 0 Å². The third kappa shape index (κ3) is 4.69. The van der Waals surface area contributed by atoms with Crippen molar-refractivity contribution in [1.29, 1.82) is 0 Å². The smallest absolute Gasteiger partial charge is 0.187 e. The molecule has 11 nitrogen and oxygen atoms in total. The molecule has 2 heterocycles. The van der Waals surface area contributed by atoms with E-state index in [0.717, 1.165) is 0 Å². The maximum absolute atomic E-state index is 10.4. The van der Waals surface area contributed by atoms with Crippen LogP contribution in [0.15, 0.2) is 0 Å². The van der Waals surface area contributed by atoms with Crippen molar-refractivity contribution in [3.05, 3.63) is 0 Å². The average Bonchev–Trinajstić information content (AvgIpc) is 2.89. The molecule has 154 valence electrons. The third-order valence-electron chi connectivity index (χ3n) is 4.48. The van der Waals surface area contributed by atoms with Gasteiger partial charge in [0.2, 0.25) is 0 Å². The lowest BCUT2D eigenvalue weighted by atomic mass is 9.98. The van der Waals surface area contributed by atoms with Crippen molar-refractivity contribution in [3.63, 3.8) is 0 Å². The van der Waals surface area contributed by atoms with Crippen molar-refractivity contribution in [2.45, 2.75) is 74.8 Å². The first-order chi connectivity index (χ1) is 12.3. The highest BCUT2D eigenvalue weighted by atomic mass is 16.7. The Morgan fingerprint density at radius 2 is 1.69 bits per heavy atom. The Morgan fingerprint density at radius 3 is 2.23 bits per heavy atom. The quantitative estimate of drug-likeness (QED) is 0.203. The molecule has 2 aliphatic heterocycles. The highest BCUT2D eigenvalue weighted by molar-refractivity contribution is 4.94. The molecule has 10 atom stereocenters. The summed E-state index contributed by atoms with van der Waals surface area (Å²) in [4.78, 5) is 0. The van der Waals surface area contributed by atoms with E-state index in [1.807, 2.05) is 0 Å². The van der Waals surface area contributed by atoms with Crippen LogP contribution >= 0.6 is 0 Å². The topological polar surface area (TPSA) is 184 Å². The summed E-state index contributed by atoms with van der Waals surface area (Å²) >= 11 is 0. The van der Waals surface area contributed by atoms with Gasteiger partial charge in [0, 0.05) is 0 Å². The first-order valence-electron chi connectivity index (χ1n) is 8.61. The maximum atomic E-state index is 10.4. The molecule has 0 spiro atoms. The molecular formula is C15H29NO10. The molecule has 11 heteroatoms. The lowest BCUT2D eigenvalue weighted by molar-refractivity contribution is -0.331. The van der Waals surface area contributed by atoms with Gasteiger partial charge in [0.15, 0.2) is 12.6 Å². The maximum Gasteiger partial charge on any atom is 0.187 e. The van der Waals surface area contributed by atoms with Crippen LogP contribution in [0.1, 0.15) is 13.3 Å². The van der Waals surface area contributed by atoms with Crippen molar-refractivity contribution >= 4 is 0 Å². The standard InChI is InChI=1S/C15H29NO10/c1-6(18)12-9(20)10(21)15(25-12)26-13-8(19)7(5-17)24-14(11(13)22)23-4-2-3-16/h6-15,17-22H,2-5,16H2,1H3/t6?,7-,8-,9+,10+,11+,12-,13+,14-,15+/m1/s1. The predicted octanol–water partition coefficient (Wildman–Crippen LogP) is -4.00. The van der Waals surface area contributed by atoms with Gasteiger partial charge in [0.1, 0.15) is 42.7 Å². The van der Waals surface area contributed by atoms with E-state index in [4.69, 9.17) is 24.7 Å². The summed E-state index contributed by atoms with van der Waals surface area (Å²) in [5, 5.41) is 59.6. The van der Waals surface area contributed by atoms with Crippen molar-refractivity contribution in [3.8, 4) is 0 Å². The van der Waals surface area contributed by atoms with Crippen LogP contribution in [0.2, 0.25) is 0 Å². The molecule has 0 aliphatic carbocycles. The number of aliphatic hydroxyl groups excluding tert-OH is 6. The highest BCUT2D eigenvalue weighted by Crippen LogP contribution is 2.30. The van der Waals surface area contributed by atoms with Crippen LogP contribution in [0.3, 0.4) is 0 Å². The third-order valence-corrected chi connectivity index (χ3v) is 4.48. The number of aliphatic hydroxyl groups is 6. The van der Waals surface area contributed by atoms with Gasteiger partial charge in [-0.2, -0.15) is 0 Å². The second kappa shape index (κ2) is 9.66. The highest BCUT2D eigenvalue weighted by Gasteiger charge is 2.51. The van der Waals surface area contributed by atoms with Gasteiger partial charge >= 0.3 is 0 Å². The molecule has 0 saturated carbocycles. The average molecular weight is 383 g/mol. The van der Waals surface area contributed by atoms with Crippen LogP contribution < -0.4 is 5.73 Å². The molecule has 2 aliphatic rings. The van der Waals surface area contributed by atoms with E-state index in [9.17, 15) is 30.6 Å². The van der Waals surface area contributed by atoms with Crippen molar-refractivity contribution in [2.24, 2.45) is 5.73 Å². The molecule has 0 aromatic carbocycles. The summed E-state index contributed by atoms with van der Waals surface area (Å²) in [5.74, 6) is 0. The van der Waals surface area contributed by atoms with Gasteiger partial charge in [-0.3, -0.25) is 0 Å². The second-order valence-corrected chi connectivity index (χ2v) is 6.51. The molecule has 0 aromatic rings. The fourth-order valence-corrected chi connectivity index (χ4v) is 2.97. The summed E-state index contributed by atoms with van der Waals surface area (Å²) in [6.07, 6.45) is -12.5. The number of ether oxygens (including phenoxy) is 4. The van der Waals surface area contributed by atoms with Crippen LogP contribution in [0.4, 0.5) is 0 Å². The van der Waals surface area contributed by atoms with Crippen LogP contribution in [0.5, 0.6) is 0 Å². The predicted molar refractivity (Wildman–Crippen MR) is 84.6 cm³/mol. The Bertz CT molecular complexity index is 427. The monoisotopic (exact) mass is 383 g/mol. The van der Waals surface area contributed by atoms with E-state index < -0.39 is 68.0 Å². The first kappa shape index (κ1) is 21.9. The largest absolute Gasteiger partial charge is 0.394 e. The number of hydrogen-bond acceptors (Lipinski definition) is 11. The molecular weight excluding hydrogens is 354 g/mol. The molecule has 8 N–H and O–H groups in total. The minimum atomic E-state index is -1.50. The summed E-state index contributed by atoms with van der Waals surface area (Å²) in [6.45, 7) is 1.38. The normalized spacial score (nSPS) is 45.0. The van der Waals surface area contributed by atoms with E-state index in [2.05, 4.69) is 0 Å². The van der Waals surface area contributed by atoms with Gasteiger partial charge in [-0.1, -0.05) is 0 Å². The van der Waals surface area contributed by atoms with E-state index in [1.54, 1.807) is 0 Å². The lowest BCUT2D eigenvalue weighted by Crippen LogP contribution is -2.61. The van der Waals surface area contributed by atoms with E-state index in [0.29, 0.717) is 13.0 Å². The van der Waals surface area contributed by atoms with Crippen molar-refractivity contribution in [2.75, 3.05) is 19.8 Å². The van der Waals surface area contributed by atoms with Crippen LogP contribution in [-0.2, 0) is 18.9 Å². The summed E-state index contributed by atoms with van der Waals surface area (Å²) in [5.41, 5.74) is 5.38. The van der Waals surface area contributed by atoms with Crippen molar-refractivity contribution in [1.82, 2.24) is 0 Å². The zero-order valence-corrected chi connectivity index (χ0v) is 14.5. The van der Waals surface area contributed by atoms with Gasteiger partial charge in [0.25, 0.3) is 0 Å². The Hall–Kier alpha value is -0.440. The number of hydrogen-bond donors (Lipinski definition) is 7. The Kier molecular flexibility index (Phi) is 8.12. The summed E-state index contributed by atoms with van der Waals surface area (Å²) in [7, 11) is 0. The zero-order chi connectivity index (χ0) is 19.4. The lowest BCUT2D eigenvalue weighted by Gasteiger charge is -2.42. The molecule has 2 fully saturated rings. The van der Waals surface area contributed by atoms with Crippen molar-refractivity contribution < 1.29 is 49.6 Å². The Labute approximate surface area is 150 Å². The fourth-order valence-electron chi connectivity index (χ4n) is 2.97. The molecule has 0 amide bonds. The minimum absolute atomic E-state index is 0.185. The van der Waals surface area contributed by atoms with Gasteiger partial charge < -0.3 is 55.3 Å². The molecule has 1 unspecified atom stereocenters. The summed E-state index contributed by atoms with van der Waals surface area (Å²) in [6, 6.07) is 0.